The monoisotopic (exact) mass is 611 g/mol. The van der Waals surface area contributed by atoms with Crippen molar-refractivity contribution in [2.45, 2.75) is 38.8 Å². The SMILES string of the molecule is CC(C)(C)OC(=O)NC(CO)Cc1cc(I)c(Oc2ccc(O)cc2)c(I)c1. The minimum atomic E-state index is -0.595. The summed E-state index contributed by atoms with van der Waals surface area (Å²) in [4.78, 5) is 11.9. The van der Waals surface area contributed by atoms with E-state index in [1.54, 1.807) is 45.0 Å². The number of halogens is 2. The second-order valence-corrected chi connectivity index (χ2v) is 9.54. The van der Waals surface area contributed by atoms with Gasteiger partial charge in [-0.05, 0) is 114 Å². The van der Waals surface area contributed by atoms with Crippen LogP contribution in [0.3, 0.4) is 0 Å². The van der Waals surface area contributed by atoms with Crippen LogP contribution in [0.15, 0.2) is 36.4 Å². The minimum Gasteiger partial charge on any atom is -0.508 e. The number of hydrogen-bond donors (Lipinski definition) is 3. The van der Waals surface area contributed by atoms with Gasteiger partial charge in [-0.1, -0.05) is 0 Å². The highest BCUT2D eigenvalue weighted by molar-refractivity contribution is 14.1. The molecule has 0 aliphatic heterocycles. The maximum Gasteiger partial charge on any atom is 0.407 e. The van der Waals surface area contributed by atoms with Gasteiger partial charge in [-0.3, -0.25) is 0 Å². The quantitative estimate of drug-likeness (QED) is 0.408. The third kappa shape index (κ3) is 7.28. The Morgan fingerprint density at radius 3 is 2.21 bits per heavy atom. The second-order valence-electron chi connectivity index (χ2n) is 7.21. The average Bonchev–Trinajstić information content (AvgIpc) is 2.57. The van der Waals surface area contributed by atoms with Gasteiger partial charge in [0.2, 0.25) is 0 Å². The summed E-state index contributed by atoms with van der Waals surface area (Å²) in [7, 11) is 0. The minimum absolute atomic E-state index is 0.180. The van der Waals surface area contributed by atoms with Crippen molar-refractivity contribution in [3.63, 3.8) is 0 Å². The first kappa shape index (κ1) is 23.0. The third-order valence-electron chi connectivity index (χ3n) is 3.54. The highest BCUT2D eigenvalue weighted by Gasteiger charge is 2.20. The molecular weight excluding hydrogens is 588 g/mol. The fraction of sp³-hybridized carbons (Fsp3) is 0.350. The molecule has 0 aliphatic carbocycles. The first-order chi connectivity index (χ1) is 13.1. The number of aliphatic hydroxyl groups excluding tert-OH is 1. The van der Waals surface area contributed by atoms with Crippen molar-refractivity contribution in [3.05, 3.63) is 49.1 Å². The zero-order chi connectivity index (χ0) is 20.9. The number of amides is 1. The number of ether oxygens (including phenoxy) is 2. The van der Waals surface area contributed by atoms with Crippen molar-refractivity contribution in [1.82, 2.24) is 5.32 Å². The van der Waals surface area contributed by atoms with Crippen molar-refractivity contribution >= 4 is 51.3 Å². The molecule has 1 unspecified atom stereocenters. The average molecular weight is 611 g/mol. The Morgan fingerprint density at radius 1 is 1.14 bits per heavy atom. The summed E-state index contributed by atoms with van der Waals surface area (Å²) >= 11 is 4.39. The molecule has 0 fully saturated rings. The summed E-state index contributed by atoms with van der Waals surface area (Å²) in [6.07, 6.45) is -0.0930. The van der Waals surface area contributed by atoms with Crippen LogP contribution in [0, 0.1) is 7.14 Å². The number of carbonyl (C=O) groups is 1. The first-order valence-electron chi connectivity index (χ1n) is 8.62. The molecule has 0 radical (unpaired) electrons. The zero-order valence-electron chi connectivity index (χ0n) is 15.8. The molecular formula is C20H23I2NO5. The maximum atomic E-state index is 11.9. The molecule has 0 aliphatic rings. The predicted octanol–water partition coefficient (Wildman–Crippen LogP) is 4.82. The molecule has 1 atom stereocenters. The maximum absolute atomic E-state index is 11.9. The standard InChI is InChI=1S/C20H23I2NO5/c1-20(2,3)28-19(26)23-13(11-24)8-12-9-16(21)18(17(22)10-12)27-15-6-4-14(25)5-7-15/h4-7,9-10,13,24-25H,8,11H2,1-3H3,(H,23,26). The van der Waals surface area contributed by atoms with E-state index in [1.165, 1.54) is 0 Å². The summed E-state index contributed by atoms with van der Waals surface area (Å²) in [5, 5.41) is 21.7. The highest BCUT2D eigenvalue weighted by atomic mass is 127. The van der Waals surface area contributed by atoms with E-state index in [-0.39, 0.29) is 12.4 Å². The Kier molecular flexibility index (Phi) is 8.19. The Bertz CT molecular complexity index is 795. The Morgan fingerprint density at radius 2 is 1.71 bits per heavy atom. The zero-order valence-corrected chi connectivity index (χ0v) is 20.1. The van der Waals surface area contributed by atoms with Crippen LogP contribution >= 0.6 is 45.2 Å². The van der Waals surface area contributed by atoms with E-state index in [4.69, 9.17) is 9.47 Å². The van der Waals surface area contributed by atoms with Crippen molar-refractivity contribution < 1.29 is 24.5 Å². The highest BCUT2D eigenvalue weighted by Crippen LogP contribution is 2.33. The number of aromatic hydroxyl groups is 1. The normalized spacial score (nSPS) is 12.4. The number of benzene rings is 2. The lowest BCUT2D eigenvalue weighted by Gasteiger charge is -2.23. The number of hydrogen-bond acceptors (Lipinski definition) is 5. The molecule has 0 bridgehead atoms. The molecule has 0 heterocycles. The van der Waals surface area contributed by atoms with Crippen LogP contribution in [0.1, 0.15) is 26.3 Å². The third-order valence-corrected chi connectivity index (χ3v) is 5.14. The van der Waals surface area contributed by atoms with Crippen molar-refractivity contribution in [1.29, 1.82) is 0 Å². The topological polar surface area (TPSA) is 88.0 Å². The summed E-state index contributed by atoms with van der Waals surface area (Å²) in [5.74, 6) is 1.53. The molecule has 6 nitrogen and oxygen atoms in total. The van der Waals surface area contributed by atoms with Crippen LogP contribution in [0.4, 0.5) is 4.79 Å². The van der Waals surface area contributed by atoms with E-state index in [0.29, 0.717) is 12.2 Å². The number of phenolic OH excluding ortho intramolecular Hbond substituents is 1. The number of rotatable bonds is 6. The van der Waals surface area contributed by atoms with Gasteiger partial charge in [0, 0.05) is 0 Å². The second kappa shape index (κ2) is 9.97. The number of carbonyl (C=O) groups excluding carboxylic acids is 1. The Balaban J connectivity index is 2.09. The molecule has 0 saturated carbocycles. The molecule has 28 heavy (non-hydrogen) atoms. The van der Waals surface area contributed by atoms with E-state index < -0.39 is 17.7 Å². The first-order valence-corrected chi connectivity index (χ1v) is 10.8. The Labute approximate surface area is 191 Å². The van der Waals surface area contributed by atoms with Gasteiger partial charge < -0.3 is 25.0 Å². The summed E-state index contributed by atoms with van der Waals surface area (Å²) in [6.45, 7) is 5.17. The van der Waals surface area contributed by atoms with Crippen LogP contribution in [-0.2, 0) is 11.2 Å². The van der Waals surface area contributed by atoms with Gasteiger partial charge in [0.15, 0.2) is 5.75 Å². The van der Waals surface area contributed by atoms with Gasteiger partial charge in [-0.2, -0.15) is 0 Å². The number of aliphatic hydroxyl groups is 1. The van der Waals surface area contributed by atoms with Crippen LogP contribution < -0.4 is 10.1 Å². The number of alkyl carbamates (subject to hydrolysis) is 1. The molecule has 8 heteroatoms. The van der Waals surface area contributed by atoms with E-state index in [1.807, 2.05) is 12.1 Å². The van der Waals surface area contributed by atoms with E-state index in [2.05, 4.69) is 50.5 Å². The summed E-state index contributed by atoms with van der Waals surface area (Å²) in [5.41, 5.74) is 0.365. The lowest BCUT2D eigenvalue weighted by atomic mass is 10.1. The lowest BCUT2D eigenvalue weighted by Crippen LogP contribution is -2.42. The molecule has 0 saturated heterocycles. The van der Waals surface area contributed by atoms with Crippen LogP contribution in [-0.4, -0.2) is 34.6 Å². The van der Waals surface area contributed by atoms with Gasteiger partial charge in [0.25, 0.3) is 0 Å². The summed E-state index contributed by atoms with van der Waals surface area (Å²) in [6, 6.07) is 9.99. The Hall–Kier alpha value is -1.27. The number of phenols is 1. The van der Waals surface area contributed by atoms with Gasteiger partial charge in [0.1, 0.15) is 17.1 Å². The molecule has 2 rings (SSSR count). The molecule has 0 spiro atoms. The van der Waals surface area contributed by atoms with Crippen LogP contribution in [0.25, 0.3) is 0 Å². The summed E-state index contributed by atoms with van der Waals surface area (Å²) < 4.78 is 13.0. The molecule has 2 aromatic rings. The van der Waals surface area contributed by atoms with Crippen molar-refractivity contribution in [2.75, 3.05) is 6.61 Å². The molecule has 3 N–H and O–H groups in total. The number of nitrogens with one attached hydrogen (secondary N) is 1. The largest absolute Gasteiger partial charge is 0.508 e. The van der Waals surface area contributed by atoms with Gasteiger partial charge in [-0.25, -0.2) is 4.79 Å². The lowest BCUT2D eigenvalue weighted by molar-refractivity contribution is 0.0483. The van der Waals surface area contributed by atoms with Gasteiger partial charge in [0.05, 0.1) is 19.8 Å². The molecule has 1 amide bonds. The molecule has 2 aromatic carbocycles. The van der Waals surface area contributed by atoms with E-state index in [9.17, 15) is 15.0 Å². The van der Waals surface area contributed by atoms with Gasteiger partial charge >= 0.3 is 6.09 Å². The molecule has 0 aromatic heterocycles. The predicted molar refractivity (Wildman–Crippen MR) is 124 cm³/mol. The van der Waals surface area contributed by atoms with Crippen molar-refractivity contribution in [3.8, 4) is 17.2 Å². The fourth-order valence-electron chi connectivity index (χ4n) is 2.38. The van der Waals surface area contributed by atoms with Crippen molar-refractivity contribution in [2.24, 2.45) is 0 Å². The fourth-order valence-corrected chi connectivity index (χ4v) is 4.50. The van der Waals surface area contributed by atoms with E-state index in [0.717, 1.165) is 18.5 Å². The smallest absolute Gasteiger partial charge is 0.407 e. The van der Waals surface area contributed by atoms with Gasteiger partial charge in [-0.15, -0.1) is 0 Å². The van der Waals surface area contributed by atoms with Crippen LogP contribution in [0.5, 0.6) is 17.2 Å². The van der Waals surface area contributed by atoms with Crippen LogP contribution in [0.2, 0.25) is 0 Å². The van der Waals surface area contributed by atoms with E-state index >= 15 is 0 Å². The molecule has 152 valence electrons.